The van der Waals surface area contributed by atoms with Crippen LogP contribution in [-0.2, 0) is 21.6 Å². The smallest absolute Gasteiger partial charge is 0.408 e. The lowest BCUT2D eigenvalue weighted by Crippen LogP contribution is -2.41. The lowest BCUT2D eigenvalue weighted by Gasteiger charge is -2.19. The molecule has 5 nitrogen and oxygen atoms in total. The molecular formula is C21H26N2O3. The van der Waals surface area contributed by atoms with Crippen molar-refractivity contribution >= 4 is 17.7 Å². The monoisotopic (exact) mass is 354 g/mol. The van der Waals surface area contributed by atoms with E-state index in [4.69, 9.17) is 4.74 Å². The van der Waals surface area contributed by atoms with Crippen LogP contribution in [0.5, 0.6) is 0 Å². The van der Waals surface area contributed by atoms with Crippen molar-refractivity contribution < 1.29 is 14.3 Å². The number of carbonyl (C=O) groups excluding carboxylic acids is 2. The molecule has 2 aromatic rings. The highest BCUT2D eigenvalue weighted by molar-refractivity contribution is 5.96. The Morgan fingerprint density at radius 2 is 1.62 bits per heavy atom. The van der Waals surface area contributed by atoms with Gasteiger partial charge in [-0.05, 0) is 35.6 Å². The predicted molar refractivity (Wildman–Crippen MR) is 103 cm³/mol. The average Bonchev–Trinajstić information content (AvgIpc) is 2.60. The van der Waals surface area contributed by atoms with Gasteiger partial charge in [-0.1, -0.05) is 63.2 Å². The number of benzene rings is 2. The zero-order valence-corrected chi connectivity index (χ0v) is 15.7. The summed E-state index contributed by atoms with van der Waals surface area (Å²) in [5.41, 5.74) is 2.82. The Morgan fingerprint density at radius 1 is 1.00 bits per heavy atom. The molecule has 0 heterocycles. The first-order valence-corrected chi connectivity index (χ1v) is 8.64. The zero-order valence-electron chi connectivity index (χ0n) is 15.7. The number of amides is 2. The predicted octanol–water partition coefficient (Wildman–Crippen LogP) is 4.24. The van der Waals surface area contributed by atoms with E-state index in [1.807, 2.05) is 54.6 Å². The number of nitrogens with one attached hydrogen (secondary N) is 2. The van der Waals surface area contributed by atoms with Gasteiger partial charge in [-0.3, -0.25) is 4.79 Å². The molecule has 0 saturated heterocycles. The Labute approximate surface area is 154 Å². The summed E-state index contributed by atoms with van der Waals surface area (Å²) in [7, 11) is 0. The quantitative estimate of drug-likeness (QED) is 0.844. The van der Waals surface area contributed by atoms with Gasteiger partial charge in [0, 0.05) is 5.69 Å². The maximum atomic E-state index is 12.2. The van der Waals surface area contributed by atoms with E-state index in [0.29, 0.717) is 5.69 Å². The van der Waals surface area contributed by atoms with Crippen LogP contribution in [0.1, 0.15) is 38.8 Å². The molecule has 2 amide bonds. The van der Waals surface area contributed by atoms with Gasteiger partial charge in [0.1, 0.15) is 12.6 Å². The van der Waals surface area contributed by atoms with Crippen LogP contribution < -0.4 is 10.6 Å². The van der Waals surface area contributed by atoms with Gasteiger partial charge >= 0.3 is 6.09 Å². The SMILES string of the molecule is CC(NC(=O)OCc1ccccc1)C(=O)Nc1ccc(C(C)(C)C)cc1. The number of rotatable bonds is 5. The molecule has 0 spiro atoms. The maximum absolute atomic E-state index is 12.2. The highest BCUT2D eigenvalue weighted by Gasteiger charge is 2.17. The number of ether oxygens (including phenoxy) is 1. The van der Waals surface area contributed by atoms with Crippen LogP contribution in [0, 0.1) is 0 Å². The lowest BCUT2D eigenvalue weighted by molar-refractivity contribution is -0.117. The number of anilines is 1. The van der Waals surface area contributed by atoms with Gasteiger partial charge < -0.3 is 15.4 Å². The topological polar surface area (TPSA) is 67.4 Å². The first-order valence-electron chi connectivity index (χ1n) is 8.64. The Balaban J connectivity index is 1.82. The van der Waals surface area contributed by atoms with E-state index in [-0.39, 0.29) is 17.9 Å². The molecule has 0 aromatic heterocycles. The van der Waals surface area contributed by atoms with E-state index >= 15 is 0 Å². The molecule has 0 aliphatic heterocycles. The molecule has 0 fully saturated rings. The van der Waals surface area contributed by atoms with Crippen LogP contribution >= 0.6 is 0 Å². The minimum atomic E-state index is -0.708. The molecule has 26 heavy (non-hydrogen) atoms. The third-order valence-electron chi connectivity index (χ3n) is 3.96. The summed E-state index contributed by atoms with van der Waals surface area (Å²) in [4.78, 5) is 24.0. The molecule has 0 aliphatic rings. The normalized spacial score (nSPS) is 12.2. The van der Waals surface area contributed by atoms with E-state index in [2.05, 4.69) is 31.4 Å². The van der Waals surface area contributed by atoms with Crippen molar-refractivity contribution in [1.82, 2.24) is 5.32 Å². The fourth-order valence-corrected chi connectivity index (χ4v) is 2.31. The number of alkyl carbamates (subject to hydrolysis) is 1. The molecule has 138 valence electrons. The van der Waals surface area contributed by atoms with Crippen LogP contribution in [0.2, 0.25) is 0 Å². The second-order valence-electron chi connectivity index (χ2n) is 7.24. The third-order valence-corrected chi connectivity index (χ3v) is 3.96. The van der Waals surface area contributed by atoms with E-state index in [9.17, 15) is 9.59 Å². The van der Waals surface area contributed by atoms with Crippen LogP contribution in [-0.4, -0.2) is 18.0 Å². The Bertz CT molecular complexity index is 734. The largest absolute Gasteiger partial charge is 0.445 e. The molecule has 5 heteroatoms. The van der Waals surface area contributed by atoms with Gasteiger partial charge in [0.15, 0.2) is 0 Å². The third kappa shape index (κ3) is 5.92. The first-order chi connectivity index (χ1) is 12.3. The number of carbonyl (C=O) groups is 2. The molecule has 1 unspecified atom stereocenters. The first kappa shape index (κ1) is 19.5. The Morgan fingerprint density at radius 3 is 2.19 bits per heavy atom. The maximum Gasteiger partial charge on any atom is 0.408 e. The molecule has 0 saturated carbocycles. The van der Waals surface area contributed by atoms with Gasteiger partial charge in [-0.25, -0.2) is 4.79 Å². The molecule has 0 bridgehead atoms. The van der Waals surface area contributed by atoms with Crippen molar-refractivity contribution in [3.63, 3.8) is 0 Å². The Hall–Kier alpha value is -2.82. The zero-order chi connectivity index (χ0) is 19.2. The summed E-state index contributed by atoms with van der Waals surface area (Å²) in [6, 6.07) is 16.4. The van der Waals surface area contributed by atoms with Crippen molar-refractivity contribution in [2.24, 2.45) is 0 Å². The van der Waals surface area contributed by atoms with Crippen LogP contribution in [0.15, 0.2) is 54.6 Å². The fraction of sp³-hybridized carbons (Fsp3) is 0.333. The van der Waals surface area contributed by atoms with Crippen molar-refractivity contribution in [3.05, 3.63) is 65.7 Å². The molecule has 2 aromatic carbocycles. The minimum absolute atomic E-state index is 0.0555. The summed E-state index contributed by atoms with van der Waals surface area (Å²) in [5, 5.41) is 5.32. The lowest BCUT2D eigenvalue weighted by atomic mass is 9.87. The molecular weight excluding hydrogens is 328 g/mol. The second kappa shape index (κ2) is 8.52. The van der Waals surface area contributed by atoms with E-state index in [1.54, 1.807) is 6.92 Å². The minimum Gasteiger partial charge on any atom is -0.445 e. The van der Waals surface area contributed by atoms with Crippen molar-refractivity contribution in [3.8, 4) is 0 Å². The molecule has 2 rings (SSSR count). The highest BCUT2D eigenvalue weighted by Crippen LogP contribution is 2.23. The summed E-state index contributed by atoms with van der Waals surface area (Å²) in [5.74, 6) is -0.301. The number of hydrogen-bond donors (Lipinski definition) is 2. The van der Waals surface area contributed by atoms with Crippen molar-refractivity contribution in [2.45, 2.75) is 45.8 Å². The highest BCUT2D eigenvalue weighted by atomic mass is 16.5. The second-order valence-corrected chi connectivity index (χ2v) is 7.24. The summed E-state index contributed by atoms with van der Waals surface area (Å²) in [6.07, 6.45) is -0.625. The van der Waals surface area contributed by atoms with Crippen molar-refractivity contribution in [2.75, 3.05) is 5.32 Å². The molecule has 0 aliphatic carbocycles. The van der Waals surface area contributed by atoms with E-state index < -0.39 is 12.1 Å². The average molecular weight is 354 g/mol. The van der Waals surface area contributed by atoms with Gasteiger partial charge in [0.2, 0.25) is 5.91 Å². The van der Waals surface area contributed by atoms with Gasteiger partial charge in [0.25, 0.3) is 0 Å². The van der Waals surface area contributed by atoms with Gasteiger partial charge in [-0.15, -0.1) is 0 Å². The van der Waals surface area contributed by atoms with Crippen molar-refractivity contribution in [1.29, 1.82) is 0 Å². The molecule has 1 atom stereocenters. The summed E-state index contributed by atoms with van der Waals surface area (Å²) < 4.78 is 5.12. The van der Waals surface area contributed by atoms with Crippen LogP contribution in [0.3, 0.4) is 0 Å². The van der Waals surface area contributed by atoms with Crippen LogP contribution in [0.4, 0.5) is 10.5 Å². The summed E-state index contributed by atoms with van der Waals surface area (Å²) in [6.45, 7) is 8.17. The molecule has 0 radical (unpaired) electrons. The Kier molecular flexibility index (Phi) is 6.39. The standard InChI is InChI=1S/C21H26N2O3/c1-15(22-20(25)26-14-16-8-6-5-7-9-16)19(24)23-18-12-10-17(11-13-18)21(2,3)4/h5-13,15H,14H2,1-4H3,(H,22,25)(H,23,24). The van der Waals surface area contributed by atoms with E-state index in [1.165, 1.54) is 5.56 Å². The fourth-order valence-electron chi connectivity index (χ4n) is 2.31. The number of hydrogen-bond acceptors (Lipinski definition) is 3. The van der Waals surface area contributed by atoms with Crippen LogP contribution in [0.25, 0.3) is 0 Å². The summed E-state index contributed by atoms with van der Waals surface area (Å²) >= 11 is 0. The van der Waals surface area contributed by atoms with E-state index in [0.717, 1.165) is 5.56 Å². The van der Waals surface area contributed by atoms with Gasteiger partial charge in [-0.2, -0.15) is 0 Å². The van der Waals surface area contributed by atoms with Gasteiger partial charge in [0.05, 0.1) is 0 Å². The molecule has 2 N–H and O–H groups in total.